The van der Waals surface area contributed by atoms with Gasteiger partial charge in [0.25, 0.3) is 5.92 Å². The third-order valence-corrected chi connectivity index (χ3v) is 3.74. The maximum absolute atomic E-state index is 13.7. The summed E-state index contributed by atoms with van der Waals surface area (Å²) in [6, 6.07) is 6.66. The zero-order valence-electron chi connectivity index (χ0n) is 11.6. The number of aromatic nitrogens is 1. The maximum Gasteiger partial charge on any atom is 0.251 e. The Morgan fingerprint density at radius 2 is 1.77 bits per heavy atom. The highest BCUT2D eigenvalue weighted by Crippen LogP contribution is 2.37. The number of alkyl halides is 2. The number of hydrogen-bond acceptors (Lipinski definition) is 2. The van der Waals surface area contributed by atoms with Gasteiger partial charge in [0, 0.05) is 37.2 Å². The first-order valence-corrected chi connectivity index (χ1v) is 6.95. The Bertz CT molecular complexity index is 642. The Hall–Kier alpha value is -1.95. The van der Waals surface area contributed by atoms with E-state index in [-0.39, 0.29) is 24.4 Å². The summed E-state index contributed by atoms with van der Waals surface area (Å²) in [5.74, 6) is -3.86. The lowest BCUT2D eigenvalue weighted by atomic mass is 9.88. The van der Waals surface area contributed by atoms with Crippen molar-refractivity contribution in [3.8, 4) is 11.1 Å². The molecule has 0 unspecified atom stereocenters. The second-order valence-electron chi connectivity index (χ2n) is 5.48. The van der Waals surface area contributed by atoms with Crippen molar-refractivity contribution in [2.24, 2.45) is 0 Å². The lowest BCUT2D eigenvalue weighted by Gasteiger charge is -2.35. The summed E-state index contributed by atoms with van der Waals surface area (Å²) >= 11 is 0. The van der Waals surface area contributed by atoms with E-state index < -0.39 is 17.6 Å². The molecule has 0 spiro atoms. The summed E-state index contributed by atoms with van der Waals surface area (Å²) in [4.78, 5) is 4.12. The van der Waals surface area contributed by atoms with Crippen molar-refractivity contribution in [1.29, 1.82) is 0 Å². The predicted molar refractivity (Wildman–Crippen MR) is 74.4 cm³/mol. The predicted octanol–water partition coefficient (Wildman–Crippen LogP) is 3.91. The van der Waals surface area contributed by atoms with E-state index in [2.05, 4.69) is 10.3 Å². The van der Waals surface area contributed by atoms with Crippen LogP contribution in [0.3, 0.4) is 0 Å². The fraction of sp³-hybridized carbons (Fsp3) is 0.312. The van der Waals surface area contributed by atoms with Gasteiger partial charge in [-0.25, -0.2) is 17.6 Å². The summed E-state index contributed by atoms with van der Waals surface area (Å²) in [5, 5.41) is 2.98. The molecule has 0 bridgehead atoms. The van der Waals surface area contributed by atoms with Crippen LogP contribution in [0.2, 0.25) is 0 Å². The summed E-state index contributed by atoms with van der Waals surface area (Å²) in [6.45, 7) is 0.348. The van der Waals surface area contributed by atoms with E-state index in [1.165, 1.54) is 24.4 Å². The summed E-state index contributed by atoms with van der Waals surface area (Å²) in [7, 11) is 0. The van der Waals surface area contributed by atoms with Gasteiger partial charge in [0.05, 0.1) is 11.3 Å². The number of nitrogens with zero attached hydrogens (tertiary/aromatic N) is 1. The highest BCUT2D eigenvalue weighted by Gasteiger charge is 2.44. The van der Waals surface area contributed by atoms with Gasteiger partial charge in [-0.05, 0) is 18.2 Å². The lowest BCUT2D eigenvalue weighted by Crippen LogP contribution is -2.48. The molecule has 1 heterocycles. The largest absolute Gasteiger partial charge is 0.308 e. The van der Waals surface area contributed by atoms with Gasteiger partial charge in [-0.3, -0.25) is 4.98 Å². The molecule has 1 aliphatic carbocycles. The minimum absolute atomic E-state index is 0.117. The SMILES string of the molecule is Fc1cccc(F)c1-c1ccc(CNC2CC(F)(F)C2)nc1. The van der Waals surface area contributed by atoms with Crippen molar-refractivity contribution in [2.75, 3.05) is 0 Å². The number of halogens is 4. The third-order valence-electron chi connectivity index (χ3n) is 3.74. The zero-order valence-corrected chi connectivity index (χ0v) is 11.6. The highest BCUT2D eigenvalue weighted by molar-refractivity contribution is 5.63. The smallest absolute Gasteiger partial charge is 0.251 e. The number of benzene rings is 1. The molecule has 2 nitrogen and oxygen atoms in total. The molecule has 0 amide bonds. The van der Waals surface area contributed by atoms with Crippen LogP contribution in [-0.4, -0.2) is 16.9 Å². The molecule has 1 aromatic carbocycles. The van der Waals surface area contributed by atoms with Gasteiger partial charge in [0.1, 0.15) is 11.6 Å². The van der Waals surface area contributed by atoms with Crippen LogP contribution in [0.5, 0.6) is 0 Å². The number of rotatable bonds is 4. The van der Waals surface area contributed by atoms with E-state index in [1.807, 2.05) is 0 Å². The van der Waals surface area contributed by atoms with Crippen LogP contribution in [-0.2, 0) is 6.54 Å². The fourth-order valence-electron chi connectivity index (χ4n) is 2.50. The Labute approximate surface area is 125 Å². The molecule has 1 saturated carbocycles. The van der Waals surface area contributed by atoms with Gasteiger partial charge in [-0.15, -0.1) is 0 Å². The molecule has 3 rings (SSSR count). The van der Waals surface area contributed by atoms with Crippen LogP contribution in [0.1, 0.15) is 18.5 Å². The maximum atomic E-state index is 13.7. The Kier molecular flexibility index (Phi) is 3.87. The summed E-state index contributed by atoms with van der Waals surface area (Å²) in [5.41, 5.74) is 0.860. The van der Waals surface area contributed by atoms with Crippen molar-refractivity contribution < 1.29 is 17.6 Å². The first kappa shape index (κ1) is 15.0. The van der Waals surface area contributed by atoms with Crippen molar-refractivity contribution >= 4 is 0 Å². The lowest BCUT2D eigenvalue weighted by molar-refractivity contribution is -0.0930. The normalized spacial score (nSPS) is 17.3. The number of nitrogens with one attached hydrogen (secondary N) is 1. The van der Waals surface area contributed by atoms with Crippen LogP contribution < -0.4 is 5.32 Å². The van der Waals surface area contributed by atoms with E-state index in [9.17, 15) is 17.6 Å². The standard InChI is InChI=1S/C16H14F4N2/c17-13-2-1-3-14(18)15(13)10-4-5-11(21-8-10)9-22-12-6-16(19,20)7-12/h1-5,8,12,22H,6-7,9H2. The van der Waals surface area contributed by atoms with Crippen molar-refractivity contribution in [3.63, 3.8) is 0 Å². The molecule has 0 atom stereocenters. The minimum Gasteiger partial charge on any atom is -0.308 e. The molecule has 1 N–H and O–H groups in total. The van der Waals surface area contributed by atoms with E-state index in [1.54, 1.807) is 12.1 Å². The molecule has 6 heteroatoms. The topological polar surface area (TPSA) is 24.9 Å². The molecule has 1 aliphatic rings. The van der Waals surface area contributed by atoms with Crippen molar-refractivity contribution in [3.05, 3.63) is 53.9 Å². The molecule has 2 aromatic rings. The van der Waals surface area contributed by atoms with E-state index in [4.69, 9.17) is 0 Å². The van der Waals surface area contributed by atoms with Gasteiger partial charge in [0.15, 0.2) is 0 Å². The van der Waals surface area contributed by atoms with Crippen LogP contribution in [0.25, 0.3) is 11.1 Å². The Morgan fingerprint density at radius 3 is 2.32 bits per heavy atom. The van der Waals surface area contributed by atoms with Crippen molar-refractivity contribution in [2.45, 2.75) is 31.4 Å². The molecular formula is C16H14F4N2. The van der Waals surface area contributed by atoms with Crippen molar-refractivity contribution in [1.82, 2.24) is 10.3 Å². The monoisotopic (exact) mass is 310 g/mol. The number of pyridine rings is 1. The Morgan fingerprint density at radius 1 is 1.09 bits per heavy atom. The number of hydrogen-bond donors (Lipinski definition) is 1. The van der Waals surface area contributed by atoms with E-state index in [0.29, 0.717) is 17.8 Å². The van der Waals surface area contributed by atoms with Gasteiger partial charge in [-0.1, -0.05) is 12.1 Å². The first-order valence-electron chi connectivity index (χ1n) is 6.95. The third kappa shape index (κ3) is 3.11. The van der Waals surface area contributed by atoms with Crippen LogP contribution in [0.4, 0.5) is 17.6 Å². The fourth-order valence-corrected chi connectivity index (χ4v) is 2.50. The molecule has 22 heavy (non-hydrogen) atoms. The zero-order chi connectivity index (χ0) is 15.7. The molecule has 116 valence electrons. The average Bonchev–Trinajstić information content (AvgIpc) is 2.44. The molecule has 0 radical (unpaired) electrons. The minimum atomic E-state index is -2.56. The van der Waals surface area contributed by atoms with Gasteiger partial charge in [0.2, 0.25) is 0 Å². The molecule has 0 saturated heterocycles. The summed E-state index contributed by atoms with van der Waals surface area (Å²) in [6.07, 6.45) is 1.06. The molecular weight excluding hydrogens is 296 g/mol. The van der Waals surface area contributed by atoms with E-state index >= 15 is 0 Å². The second kappa shape index (κ2) is 5.68. The average molecular weight is 310 g/mol. The molecule has 1 fully saturated rings. The Balaban J connectivity index is 1.66. The quantitative estimate of drug-likeness (QED) is 0.866. The van der Waals surface area contributed by atoms with Gasteiger partial charge < -0.3 is 5.32 Å². The molecule has 0 aliphatic heterocycles. The molecule has 1 aromatic heterocycles. The van der Waals surface area contributed by atoms with Crippen LogP contribution in [0.15, 0.2) is 36.5 Å². The van der Waals surface area contributed by atoms with Crippen LogP contribution >= 0.6 is 0 Å². The van der Waals surface area contributed by atoms with Gasteiger partial charge >= 0.3 is 0 Å². The first-order chi connectivity index (χ1) is 10.4. The highest BCUT2D eigenvalue weighted by atomic mass is 19.3. The summed E-state index contributed by atoms with van der Waals surface area (Å²) < 4.78 is 52.7. The van der Waals surface area contributed by atoms with E-state index in [0.717, 1.165) is 0 Å². The van der Waals surface area contributed by atoms with Gasteiger partial charge in [-0.2, -0.15) is 0 Å². The van der Waals surface area contributed by atoms with Crippen LogP contribution in [0, 0.1) is 11.6 Å². The second-order valence-corrected chi connectivity index (χ2v) is 5.48.